The van der Waals surface area contributed by atoms with E-state index in [4.69, 9.17) is 5.73 Å². The van der Waals surface area contributed by atoms with E-state index < -0.39 is 0 Å². The molecule has 2 rings (SSSR count). The molecule has 0 aliphatic heterocycles. The van der Waals surface area contributed by atoms with Crippen LogP contribution in [0.15, 0.2) is 60.7 Å². The third-order valence-corrected chi connectivity index (χ3v) is 3.61. The summed E-state index contributed by atoms with van der Waals surface area (Å²) in [5.41, 5.74) is 8.27. The molecule has 3 nitrogen and oxygen atoms in total. The lowest BCUT2D eigenvalue weighted by Crippen LogP contribution is -2.30. The molecule has 0 fully saturated rings. The molecule has 0 aliphatic carbocycles. The van der Waals surface area contributed by atoms with E-state index in [9.17, 15) is 4.79 Å². The Hall–Kier alpha value is -1.84. The average Bonchev–Trinajstić information content (AvgIpc) is 2.54. The van der Waals surface area contributed by atoms with Gasteiger partial charge in [-0.05, 0) is 17.0 Å². The van der Waals surface area contributed by atoms with Crippen LogP contribution in [0.25, 0.3) is 0 Å². The number of nitrogens with one attached hydrogen (secondary N) is 1. The molecule has 0 heterocycles. The predicted octanol–water partition coefficient (Wildman–Crippen LogP) is 3.42. The van der Waals surface area contributed by atoms with Crippen molar-refractivity contribution in [3.05, 3.63) is 71.8 Å². The Morgan fingerprint density at radius 3 is 2.05 bits per heavy atom. The van der Waals surface area contributed by atoms with E-state index in [1.807, 2.05) is 48.5 Å². The van der Waals surface area contributed by atoms with Crippen molar-refractivity contribution in [2.45, 2.75) is 25.3 Å². The van der Waals surface area contributed by atoms with Crippen molar-refractivity contribution in [2.24, 2.45) is 5.73 Å². The molecule has 0 aliphatic rings. The molecule has 0 radical (unpaired) electrons. The largest absolute Gasteiger partial charge is 0.355 e. The van der Waals surface area contributed by atoms with Crippen molar-refractivity contribution in [1.29, 1.82) is 0 Å². The van der Waals surface area contributed by atoms with Gasteiger partial charge < -0.3 is 11.1 Å². The molecule has 2 aromatic carbocycles. The highest BCUT2D eigenvalue weighted by molar-refractivity contribution is 5.85. The molecule has 0 saturated carbocycles. The average molecular weight is 319 g/mol. The Kier molecular flexibility index (Phi) is 7.64. The summed E-state index contributed by atoms with van der Waals surface area (Å²) < 4.78 is 0. The summed E-state index contributed by atoms with van der Waals surface area (Å²) in [7, 11) is 0. The Labute approximate surface area is 138 Å². The van der Waals surface area contributed by atoms with Gasteiger partial charge in [-0.25, -0.2) is 0 Å². The summed E-state index contributed by atoms with van der Waals surface area (Å²) in [5, 5.41) is 2.96. The van der Waals surface area contributed by atoms with Crippen LogP contribution in [0.2, 0.25) is 0 Å². The number of hydrogen-bond acceptors (Lipinski definition) is 2. The van der Waals surface area contributed by atoms with Gasteiger partial charge in [0, 0.05) is 19.0 Å². The van der Waals surface area contributed by atoms with Crippen LogP contribution >= 0.6 is 12.4 Å². The van der Waals surface area contributed by atoms with Crippen LogP contribution in [0.1, 0.15) is 36.4 Å². The molecule has 3 N–H and O–H groups in total. The van der Waals surface area contributed by atoms with E-state index in [0.717, 1.165) is 5.56 Å². The molecule has 4 heteroatoms. The highest BCUT2D eigenvalue weighted by Gasteiger charge is 2.12. The van der Waals surface area contributed by atoms with Crippen LogP contribution in [0, 0.1) is 0 Å². The van der Waals surface area contributed by atoms with E-state index in [1.54, 1.807) is 0 Å². The lowest BCUT2D eigenvalue weighted by atomic mass is 10.0. The molecule has 118 valence electrons. The maximum Gasteiger partial charge on any atom is 0.221 e. The van der Waals surface area contributed by atoms with Crippen molar-refractivity contribution < 1.29 is 4.79 Å². The first-order valence-corrected chi connectivity index (χ1v) is 7.29. The lowest BCUT2D eigenvalue weighted by molar-refractivity contribution is -0.121. The van der Waals surface area contributed by atoms with Crippen LogP contribution in [0.4, 0.5) is 0 Å². The molecular weight excluding hydrogens is 296 g/mol. The second kappa shape index (κ2) is 9.23. The zero-order chi connectivity index (χ0) is 15.1. The van der Waals surface area contributed by atoms with Crippen LogP contribution < -0.4 is 11.1 Å². The van der Waals surface area contributed by atoms with Gasteiger partial charge in [0.2, 0.25) is 5.91 Å². The topological polar surface area (TPSA) is 55.1 Å². The van der Waals surface area contributed by atoms with Crippen molar-refractivity contribution in [3.8, 4) is 0 Å². The summed E-state index contributed by atoms with van der Waals surface area (Å²) in [5.74, 6) is 0.289. The smallest absolute Gasteiger partial charge is 0.221 e. The first-order chi connectivity index (χ1) is 10.2. The van der Waals surface area contributed by atoms with Crippen LogP contribution in [-0.2, 0) is 4.79 Å². The summed E-state index contributed by atoms with van der Waals surface area (Å²) in [6.07, 6.45) is 0.311. The number of nitrogens with two attached hydrogens (primary N) is 1. The number of rotatable bonds is 6. The van der Waals surface area contributed by atoms with Crippen LogP contribution in [0.5, 0.6) is 0 Å². The maximum atomic E-state index is 12.0. The van der Waals surface area contributed by atoms with Crippen molar-refractivity contribution in [1.82, 2.24) is 5.32 Å². The molecule has 2 atom stereocenters. The van der Waals surface area contributed by atoms with Crippen molar-refractivity contribution >= 4 is 18.3 Å². The summed E-state index contributed by atoms with van der Waals surface area (Å²) in [6, 6.07) is 19.6. The van der Waals surface area contributed by atoms with E-state index in [2.05, 4.69) is 24.4 Å². The Morgan fingerprint density at radius 1 is 1.00 bits per heavy atom. The second-order valence-corrected chi connectivity index (χ2v) is 5.34. The molecule has 2 unspecified atom stereocenters. The van der Waals surface area contributed by atoms with E-state index in [-0.39, 0.29) is 24.4 Å². The van der Waals surface area contributed by atoms with Gasteiger partial charge in [-0.3, -0.25) is 4.79 Å². The fourth-order valence-corrected chi connectivity index (χ4v) is 2.26. The zero-order valence-electron chi connectivity index (χ0n) is 12.7. The molecule has 2 aromatic rings. The van der Waals surface area contributed by atoms with Crippen molar-refractivity contribution in [3.63, 3.8) is 0 Å². The number of carbonyl (C=O) groups is 1. The Balaban J connectivity index is 0.00000242. The molecule has 0 spiro atoms. The normalized spacial score (nSPS) is 12.8. The SMILES string of the molecule is CC(CNC(=O)CC(N)c1ccccc1)c1ccccc1.Cl. The monoisotopic (exact) mass is 318 g/mol. The highest BCUT2D eigenvalue weighted by atomic mass is 35.5. The summed E-state index contributed by atoms with van der Waals surface area (Å²) in [6.45, 7) is 2.73. The molecule has 1 amide bonds. The van der Waals surface area contributed by atoms with Gasteiger partial charge in [-0.15, -0.1) is 12.4 Å². The van der Waals surface area contributed by atoms with E-state index >= 15 is 0 Å². The van der Waals surface area contributed by atoms with Gasteiger partial charge in [0.25, 0.3) is 0 Å². The maximum absolute atomic E-state index is 12.0. The third-order valence-electron chi connectivity index (χ3n) is 3.61. The van der Waals surface area contributed by atoms with Gasteiger partial charge in [-0.1, -0.05) is 67.6 Å². The van der Waals surface area contributed by atoms with Gasteiger partial charge in [0.05, 0.1) is 0 Å². The number of halogens is 1. The number of benzene rings is 2. The third kappa shape index (κ3) is 5.51. The molecule has 0 aromatic heterocycles. The minimum atomic E-state index is -0.252. The minimum Gasteiger partial charge on any atom is -0.355 e. The summed E-state index contributed by atoms with van der Waals surface area (Å²) in [4.78, 5) is 12.0. The standard InChI is InChI=1S/C18H22N2O.ClH/c1-14(15-8-4-2-5-9-15)13-20-18(21)12-17(19)16-10-6-3-7-11-16;/h2-11,14,17H,12-13,19H2,1H3,(H,20,21);1H. The van der Waals surface area contributed by atoms with Crippen molar-refractivity contribution in [2.75, 3.05) is 6.54 Å². The molecule has 0 bridgehead atoms. The zero-order valence-corrected chi connectivity index (χ0v) is 13.6. The van der Waals surface area contributed by atoms with Gasteiger partial charge >= 0.3 is 0 Å². The second-order valence-electron chi connectivity index (χ2n) is 5.34. The van der Waals surface area contributed by atoms with Gasteiger partial charge in [0.15, 0.2) is 0 Å². The minimum absolute atomic E-state index is 0. The Bertz CT molecular complexity index is 560. The quantitative estimate of drug-likeness (QED) is 0.857. The first kappa shape index (κ1) is 18.2. The van der Waals surface area contributed by atoms with E-state index in [0.29, 0.717) is 18.9 Å². The van der Waals surface area contributed by atoms with Crippen LogP contribution in [0.3, 0.4) is 0 Å². The predicted molar refractivity (Wildman–Crippen MR) is 93.1 cm³/mol. The fraction of sp³-hybridized carbons (Fsp3) is 0.278. The van der Waals surface area contributed by atoms with Gasteiger partial charge in [0.1, 0.15) is 0 Å². The molecular formula is C18H23ClN2O. The number of hydrogen-bond donors (Lipinski definition) is 2. The number of amides is 1. The molecule has 0 saturated heterocycles. The van der Waals surface area contributed by atoms with Crippen LogP contribution in [-0.4, -0.2) is 12.5 Å². The highest BCUT2D eigenvalue weighted by Crippen LogP contribution is 2.15. The summed E-state index contributed by atoms with van der Waals surface area (Å²) >= 11 is 0. The van der Waals surface area contributed by atoms with Gasteiger partial charge in [-0.2, -0.15) is 0 Å². The van der Waals surface area contributed by atoms with E-state index in [1.165, 1.54) is 5.56 Å². The number of carbonyl (C=O) groups excluding carboxylic acids is 1. The first-order valence-electron chi connectivity index (χ1n) is 7.29. The molecule has 22 heavy (non-hydrogen) atoms. The Morgan fingerprint density at radius 2 is 1.50 bits per heavy atom. The fourth-order valence-electron chi connectivity index (χ4n) is 2.26. The lowest BCUT2D eigenvalue weighted by Gasteiger charge is -2.15.